The summed E-state index contributed by atoms with van der Waals surface area (Å²) >= 11 is 0. The van der Waals surface area contributed by atoms with E-state index in [1.807, 2.05) is 13.2 Å². The largest absolute Gasteiger partial charge is 0.330 e. The maximum Gasteiger partial charge on any atom is 0.0497 e. The lowest BCUT2D eigenvalue weighted by Gasteiger charge is -2.16. The number of nitrogens with one attached hydrogen (secondary N) is 1. The second kappa shape index (κ2) is 6.47. The third-order valence-corrected chi connectivity index (χ3v) is 3.36. The van der Waals surface area contributed by atoms with Crippen molar-refractivity contribution < 1.29 is 0 Å². The van der Waals surface area contributed by atoms with E-state index in [1.54, 1.807) is 0 Å². The molecule has 1 unspecified atom stereocenters. The summed E-state index contributed by atoms with van der Waals surface area (Å²) in [7, 11) is 2.01. The number of benzene rings is 1. The Morgan fingerprint density at radius 1 is 1.28 bits per heavy atom. The van der Waals surface area contributed by atoms with E-state index in [-0.39, 0.29) is 0 Å². The summed E-state index contributed by atoms with van der Waals surface area (Å²) in [6.45, 7) is 0.751. The molecule has 0 radical (unpaired) electrons. The third-order valence-electron chi connectivity index (χ3n) is 3.36. The van der Waals surface area contributed by atoms with Crippen molar-refractivity contribution >= 4 is 10.8 Å². The molecule has 3 N–H and O–H groups in total. The predicted molar refractivity (Wildman–Crippen MR) is 76.6 cm³/mol. The highest BCUT2D eigenvalue weighted by atomic mass is 14.9. The Balaban J connectivity index is 2.19. The van der Waals surface area contributed by atoms with E-state index in [0.717, 1.165) is 25.8 Å². The summed E-state index contributed by atoms with van der Waals surface area (Å²) in [5.74, 6) is 0. The Bertz CT molecular complexity index is 491. The highest BCUT2D eigenvalue weighted by molar-refractivity contribution is 5.84. The molecule has 0 aliphatic carbocycles. The normalized spacial score (nSPS) is 12.8. The minimum Gasteiger partial charge on any atom is -0.330 e. The van der Waals surface area contributed by atoms with Crippen molar-refractivity contribution in [3.63, 3.8) is 0 Å². The van der Waals surface area contributed by atoms with Gasteiger partial charge in [0.1, 0.15) is 0 Å². The summed E-state index contributed by atoms with van der Waals surface area (Å²) < 4.78 is 0. The van der Waals surface area contributed by atoms with Gasteiger partial charge in [-0.3, -0.25) is 4.98 Å². The first-order valence-electron chi connectivity index (χ1n) is 6.55. The zero-order valence-corrected chi connectivity index (χ0v) is 10.9. The first-order valence-corrected chi connectivity index (χ1v) is 6.55. The average Bonchev–Trinajstić information content (AvgIpc) is 2.43. The Kier molecular flexibility index (Phi) is 4.67. The molecule has 3 heteroatoms. The van der Waals surface area contributed by atoms with E-state index < -0.39 is 0 Å². The fourth-order valence-corrected chi connectivity index (χ4v) is 2.29. The quantitative estimate of drug-likeness (QED) is 0.817. The van der Waals surface area contributed by atoms with Crippen LogP contribution in [0.2, 0.25) is 0 Å². The first kappa shape index (κ1) is 13.0. The second-order valence-electron chi connectivity index (χ2n) is 4.60. The highest BCUT2D eigenvalue weighted by Crippen LogP contribution is 2.18. The molecule has 1 atom stereocenters. The summed E-state index contributed by atoms with van der Waals surface area (Å²) in [6, 6.07) is 10.9. The molecule has 0 bridgehead atoms. The molecule has 96 valence electrons. The molecule has 0 aliphatic rings. The van der Waals surface area contributed by atoms with Gasteiger partial charge in [0, 0.05) is 29.7 Å². The van der Waals surface area contributed by atoms with Crippen molar-refractivity contribution in [1.29, 1.82) is 0 Å². The van der Waals surface area contributed by atoms with Crippen molar-refractivity contribution in [1.82, 2.24) is 10.3 Å². The summed E-state index contributed by atoms with van der Waals surface area (Å²) in [5.41, 5.74) is 6.74. The Hall–Kier alpha value is -1.45. The van der Waals surface area contributed by atoms with E-state index in [9.17, 15) is 0 Å². The predicted octanol–water partition coefficient (Wildman–Crippen LogP) is 2.10. The summed E-state index contributed by atoms with van der Waals surface area (Å²) in [6.07, 6.45) is 5.00. The van der Waals surface area contributed by atoms with Crippen LogP contribution in [0.3, 0.4) is 0 Å². The molecular formula is C15H21N3. The number of hydrogen-bond acceptors (Lipinski definition) is 3. The number of aromatic nitrogens is 1. The lowest BCUT2D eigenvalue weighted by molar-refractivity contribution is 0.502. The highest BCUT2D eigenvalue weighted by Gasteiger charge is 2.10. The van der Waals surface area contributed by atoms with Crippen LogP contribution in [0.25, 0.3) is 10.8 Å². The summed E-state index contributed by atoms with van der Waals surface area (Å²) in [4.78, 5) is 4.53. The summed E-state index contributed by atoms with van der Waals surface area (Å²) in [5, 5.41) is 5.87. The van der Waals surface area contributed by atoms with Crippen LogP contribution in [-0.4, -0.2) is 24.6 Å². The third kappa shape index (κ3) is 3.06. The Morgan fingerprint density at radius 3 is 2.89 bits per heavy atom. The van der Waals surface area contributed by atoms with Crippen LogP contribution in [0.4, 0.5) is 0 Å². The van der Waals surface area contributed by atoms with Crippen molar-refractivity contribution in [3.8, 4) is 0 Å². The van der Waals surface area contributed by atoms with Crippen LogP contribution in [0.15, 0.2) is 36.5 Å². The maximum absolute atomic E-state index is 5.57. The smallest absolute Gasteiger partial charge is 0.0497 e. The molecule has 2 aromatic rings. The van der Waals surface area contributed by atoms with E-state index >= 15 is 0 Å². The van der Waals surface area contributed by atoms with Gasteiger partial charge in [-0.2, -0.15) is 0 Å². The lowest BCUT2D eigenvalue weighted by Crippen LogP contribution is -2.28. The molecule has 0 amide bonds. The van der Waals surface area contributed by atoms with Crippen molar-refractivity contribution in [2.45, 2.75) is 25.3 Å². The maximum atomic E-state index is 5.57. The molecule has 18 heavy (non-hydrogen) atoms. The number of likely N-dealkylation sites (N-methyl/N-ethyl adjacent to an activating group) is 1. The van der Waals surface area contributed by atoms with E-state index in [0.29, 0.717) is 6.04 Å². The number of fused-ring (bicyclic) bond motifs is 1. The molecule has 3 nitrogen and oxygen atoms in total. The average molecular weight is 243 g/mol. The topological polar surface area (TPSA) is 50.9 Å². The fourth-order valence-electron chi connectivity index (χ4n) is 2.29. The van der Waals surface area contributed by atoms with Crippen molar-refractivity contribution in [2.24, 2.45) is 5.73 Å². The molecule has 0 aliphatic heterocycles. The number of nitrogens with two attached hydrogens (primary N) is 1. The molecule has 0 saturated heterocycles. The van der Waals surface area contributed by atoms with Crippen LogP contribution in [0.5, 0.6) is 0 Å². The number of nitrogens with zero attached hydrogens (tertiary/aromatic N) is 1. The number of pyridine rings is 1. The Morgan fingerprint density at radius 2 is 2.11 bits per heavy atom. The molecule has 2 rings (SSSR count). The van der Waals surface area contributed by atoms with Gasteiger partial charge in [0.05, 0.1) is 0 Å². The van der Waals surface area contributed by atoms with Crippen LogP contribution in [0.1, 0.15) is 18.5 Å². The van der Waals surface area contributed by atoms with E-state index in [2.05, 4.69) is 40.6 Å². The molecule has 1 aromatic carbocycles. The van der Waals surface area contributed by atoms with Crippen molar-refractivity contribution in [2.75, 3.05) is 13.6 Å². The van der Waals surface area contributed by atoms with Gasteiger partial charge in [-0.05, 0) is 37.9 Å². The van der Waals surface area contributed by atoms with Crippen LogP contribution in [0, 0.1) is 0 Å². The van der Waals surface area contributed by atoms with Gasteiger partial charge in [0.15, 0.2) is 0 Å². The van der Waals surface area contributed by atoms with Gasteiger partial charge in [0.25, 0.3) is 0 Å². The second-order valence-corrected chi connectivity index (χ2v) is 4.60. The first-order chi connectivity index (χ1) is 8.85. The van der Waals surface area contributed by atoms with Crippen molar-refractivity contribution in [3.05, 3.63) is 42.2 Å². The number of hydrogen-bond donors (Lipinski definition) is 2. The minimum atomic E-state index is 0.451. The van der Waals surface area contributed by atoms with Gasteiger partial charge in [-0.15, -0.1) is 0 Å². The van der Waals surface area contributed by atoms with E-state index in [4.69, 9.17) is 5.73 Å². The fraction of sp³-hybridized carbons (Fsp3) is 0.400. The van der Waals surface area contributed by atoms with Gasteiger partial charge >= 0.3 is 0 Å². The van der Waals surface area contributed by atoms with Gasteiger partial charge in [-0.1, -0.05) is 24.3 Å². The van der Waals surface area contributed by atoms with Gasteiger partial charge in [0.2, 0.25) is 0 Å². The number of rotatable bonds is 6. The molecule has 0 saturated carbocycles. The zero-order valence-electron chi connectivity index (χ0n) is 10.9. The van der Waals surface area contributed by atoms with Crippen LogP contribution >= 0.6 is 0 Å². The van der Waals surface area contributed by atoms with Crippen LogP contribution < -0.4 is 11.1 Å². The van der Waals surface area contributed by atoms with E-state index in [1.165, 1.54) is 16.5 Å². The van der Waals surface area contributed by atoms with Gasteiger partial charge < -0.3 is 11.1 Å². The van der Waals surface area contributed by atoms with Crippen LogP contribution in [-0.2, 0) is 6.42 Å². The van der Waals surface area contributed by atoms with Gasteiger partial charge in [-0.25, -0.2) is 0 Å². The Labute approximate surface area is 108 Å². The molecular weight excluding hydrogens is 222 g/mol. The molecule has 0 spiro atoms. The monoisotopic (exact) mass is 243 g/mol. The standard InChI is InChI=1S/C15H21N3/c1-17-13(6-4-9-16)11-15-14-7-3-2-5-12(14)8-10-18-15/h2-3,5,7-8,10,13,17H,4,6,9,11,16H2,1H3. The molecule has 1 heterocycles. The molecule has 0 fully saturated rings. The lowest BCUT2D eigenvalue weighted by atomic mass is 10.0. The molecule has 1 aromatic heterocycles. The minimum absolute atomic E-state index is 0.451. The zero-order chi connectivity index (χ0) is 12.8. The SMILES string of the molecule is CNC(CCCN)Cc1nccc2ccccc12.